The largest absolute Gasteiger partial charge is 0.444 e. The Bertz CT molecular complexity index is 513. The molecule has 0 aliphatic carbocycles. The average molecular weight is 450 g/mol. The third kappa shape index (κ3) is 6.21. The van der Waals surface area contributed by atoms with E-state index in [1.807, 2.05) is 13.8 Å². The number of nitrogens with one attached hydrogen (secondary N) is 2. The SMILES string of the molecule is CCNC(=NCc1nc(C)c(C)o1)NCC1CN(C)CCN1C.I. The molecule has 0 radical (unpaired) electrons. The summed E-state index contributed by atoms with van der Waals surface area (Å²) in [4.78, 5) is 13.7. The fourth-order valence-electron chi connectivity index (χ4n) is 2.63. The number of hydrogen-bond acceptors (Lipinski definition) is 5. The highest BCUT2D eigenvalue weighted by atomic mass is 127. The van der Waals surface area contributed by atoms with Crippen molar-refractivity contribution in [1.82, 2.24) is 25.4 Å². The zero-order valence-corrected chi connectivity index (χ0v) is 17.8. The van der Waals surface area contributed by atoms with Crippen molar-refractivity contribution in [3.8, 4) is 0 Å². The summed E-state index contributed by atoms with van der Waals surface area (Å²) < 4.78 is 5.58. The molecule has 1 aromatic heterocycles. The van der Waals surface area contributed by atoms with Crippen molar-refractivity contribution < 1.29 is 4.42 Å². The molecule has 1 fully saturated rings. The minimum absolute atomic E-state index is 0. The number of halogens is 1. The van der Waals surface area contributed by atoms with Crippen LogP contribution in [0.4, 0.5) is 0 Å². The molecule has 8 heteroatoms. The number of guanidine groups is 1. The van der Waals surface area contributed by atoms with E-state index in [0.29, 0.717) is 18.5 Å². The highest BCUT2D eigenvalue weighted by molar-refractivity contribution is 14.0. The van der Waals surface area contributed by atoms with E-state index in [1.54, 1.807) is 0 Å². The minimum atomic E-state index is 0. The molecule has 0 saturated carbocycles. The van der Waals surface area contributed by atoms with Gasteiger partial charge in [-0.25, -0.2) is 9.98 Å². The topological polar surface area (TPSA) is 68.9 Å². The lowest BCUT2D eigenvalue weighted by Gasteiger charge is -2.37. The van der Waals surface area contributed by atoms with Crippen molar-refractivity contribution in [1.29, 1.82) is 0 Å². The lowest BCUT2D eigenvalue weighted by Crippen LogP contribution is -2.55. The van der Waals surface area contributed by atoms with E-state index in [1.165, 1.54) is 0 Å². The van der Waals surface area contributed by atoms with Crippen LogP contribution in [-0.2, 0) is 6.54 Å². The van der Waals surface area contributed by atoms with E-state index in [9.17, 15) is 0 Å². The Morgan fingerprint density at radius 3 is 2.67 bits per heavy atom. The molecule has 0 spiro atoms. The summed E-state index contributed by atoms with van der Waals surface area (Å²) in [5.74, 6) is 2.33. The molecule has 2 rings (SSSR count). The molecule has 1 saturated heterocycles. The van der Waals surface area contributed by atoms with Crippen LogP contribution in [0.15, 0.2) is 9.41 Å². The number of nitrogens with zero attached hydrogens (tertiary/aromatic N) is 4. The lowest BCUT2D eigenvalue weighted by atomic mass is 10.2. The zero-order valence-electron chi connectivity index (χ0n) is 15.4. The summed E-state index contributed by atoms with van der Waals surface area (Å²) in [6, 6.07) is 0.490. The summed E-state index contributed by atoms with van der Waals surface area (Å²) in [6.07, 6.45) is 0. The van der Waals surface area contributed by atoms with Gasteiger partial charge in [0.1, 0.15) is 12.3 Å². The van der Waals surface area contributed by atoms with Crippen molar-refractivity contribution in [2.75, 3.05) is 46.8 Å². The molecule has 0 aromatic carbocycles. The van der Waals surface area contributed by atoms with Crippen LogP contribution in [0.5, 0.6) is 0 Å². The maximum atomic E-state index is 5.58. The highest BCUT2D eigenvalue weighted by Crippen LogP contribution is 2.09. The van der Waals surface area contributed by atoms with Gasteiger partial charge in [-0.15, -0.1) is 24.0 Å². The zero-order chi connectivity index (χ0) is 16.8. The monoisotopic (exact) mass is 450 g/mol. The van der Waals surface area contributed by atoms with Crippen LogP contribution in [0.3, 0.4) is 0 Å². The van der Waals surface area contributed by atoms with Crippen molar-refractivity contribution >= 4 is 29.9 Å². The molecule has 7 nitrogen and oxygen atoms in total. The maximum Gasteiger partial charge on any atom is 0.216 e. The van der Waals surface area contributed by atoms with Gasteiger partial charge >= 0.3 is 0 Å². The Kier molecular flexibility index (Phi) is 8.99. The molecule has 0 bridgehead atoms. The van der Waals surface area contributed by atoms with E-state index < -0.39 is 0 Å². The number of oxazole rings is 1. The molecule has 2 heterocycles. The van der Waals surface area contributed by atoms with Crippen LogP contribution in [0.25, 0.3) is 0 Å². The van der Waals surface area contributed by atoms with Gasteiger partial charge in [-0.2, -0.15) is 0 Å². The van der Waals surface area contributed by atoms with Crippen molar-refractivity contribution in [3.05, 3.63) is 17.3 Å². The molecular formula is C16H31IN6O. The first-order valence-corrected chi connectivity index (χ1v) is 8.33. The molecule has 24 heavy (non-hydrogen) atoms. The smallest absolute Gasteiger partial charge is 0.216 e. The van der Waals surface area contributed by atoms with Crippen molar-refractivity contribution in [3.63, 3.8) is 0 Å². The van der Waals surface area contributed by atoms with Gasteiger partial charge in [0.05, 0.1) is 5.69 Å². The van der Waals surface area contributed by atoms with Crippen molar-refractivity contribution in [2.24, 2.45) is 4.99 Å². The number of rotatable bonds is 5. The fraction of sp³-hybridized carbons (Fsp3) is 0.750. The summed E-state index contributed by atoms with van der Waals surface area (Å²) in [5.41, 5.74) is 0.931. The predicted octanol–water partition coefficient (Wildman–Crippen LogP) is 1.21. The number of piperazine rings is 1. The molecule has 138 valence electrons. The van der Waals surface area contributed by atoms with Gasteiger partial charge < -0.3 is 20.0 Å². The number of aryl methyl sites for hydroxylation is 2. The Morgan fingerprint density at radius 2 is 2.04 bits per heavy atom. The number of likely N-dealkylation sites (N-methyl/N-ethyl adjacent to an activating group) is 2. The van der Waals surface area contributed by atoms with Gasteiger partial charge in [0, 0.05) is 38.8 Å². The van der Waals surface area contributed by atoms with Gasteiger partial charge in [-0.3, -0.25) is 4.90 Å². The fourth-order valence-corrected chi connectivity index (χ4v) is 2.63. The second kappa shape index (κ2) is 10.2. The van der Waals surface area contributed by atoms with E-state index in [0.717, 1.165) is 50.1 Å². The van der Waals surface area contributed by atoms with Crippen LogP contribution in [0.2, 0.25) is 0 Å². The Balaban J connectivity index is 0.00000288. The summed E-state index contributed by atoms with van der Waals surface area (Å²) in [5, 5.41) is 6.71. The molecular weight excluding hydrogens is 419 g/mol. The molecule has 1 atom stereocenters. The number of aliphatic imine (C=N–C) groups is 1. The van der Waals surface area contributed by atoms with Gasteiger partial charge in [-0.1, -0.05) is 0 Å². The Hall–Kier alpha value is -0.870. The van der Waals surface area contributed by atoms with Crippen LogP contribution < -0.4 is 10.6 Å². The average Bonchev–Trinajstić information content (AvgIpc) is 2.84. The Labute approximate surface area is 162 Å². The molecule has 1 aliphatic heterocycles. The third-order valence-corrected chi connectivity index (χ3v) is 4.27. The van der Waals surface area contributed by atoms with Crippen LogP contribution in [0.1, 0.15) is 24.3 Å². The third-order valence-electron chi connectivity index (χ3n) is 4.27. The van der Waals surface area contributed by atoms with Crippen molar-refractivity contribution in [2.45, 2.75) is 33.4 Å². The Morgan fingerprint density at radius 1 is 1.29 bits per heavy atom. The summed E-state index contributed by atoms with van der Waals surface area (Å²) in [6.45, 7) is 11.4. The van der Waals surface area contributed by atoms with Crippen LogP contribution in [0, 0.1) is 13.8 Å². The summed E-state index contributed by atoms with van der Waals surface area (Å²) in [7, 11) is 4.36. The van der Waals surface area contributed by atoms with Gasteiger partial charge in [0.15, 0.2) is 5.96 Å². The lowest BCUT2D eigenvalue weighted by molar-refractivity contribution is 0.116. The first-order chi connectivity index (χ1) is 11.0. The second-order valence-corrected chi connectivity index (χ2v) is 6.22. The minimum Gasteiger partial charge on any atom is -0.444 e. The second-order valence-electron chi connectivity index (χ2n) is 6.22. The van der Waals surface area contributed by atoms with Gasteiger partial charge in [-0.05, 0) is 34.9 Å². The van der Waals surface area contributed by atoms with E-state index in [-0.39, 0.29) is 24.0 Å². The molecule has 1 aliphatic rings. The van der Waals surface area contributed by atoms with E-state index in [2.05, 4.69) is 51.4 Å². The maximum absolute atomic E-state index is 5.58. The summed E-state index contributed by atoms with van der Waals surface area (Å²) >= 11 is 0. The van der Waals surface area contributed by atoms with Crippen LogP contribution in [-0.4, -0.2) is 73.6 Å². The predicted molar refractivity (Wildman–Crippen MR) is 108 cm³/mol. The first kappa shape index (κ1) is 21.2. The van der Waals surface area contributed by atoms with Gasteiger partial charge in [0.2, 0.25) is 5.89 Å². The first-order valence-electron chi connectivity index (χ1n) is 8.33. The number of hydrogen-bond donors (Lipinski definition) is 2. The van der Waals surface area contributed by atoms with Gasteiger partial charge in [0.25, 0.3) is 0 Å². The van der Waals surface area contributed by atoms with E-state index >= 15 is 0 Å². The van der Waals surface area contributed by atoms with E-state index in [4.69, 9.17) is 4.42 Å². The molecule has 1 aromatic rings. The normalized spacial score (nSPS) is 19.9. The quantitative estimate of drug-likeness (QED) is 0.400. The number of aromatic nitrogens is 1. The highest BCUT2D eigenvalue weighted by Gasteiger charge is 2.22. The molecule has 1 unspecified atom stereocenters. The molecule has 0 amide bonds. The van der Waals surface area contributed by atoms with Crippen LogP contribution >= 0.6 is 24.0 Å². The molecule has 2 N–H and O–H groups in total. The standard InChI is InChI=1S/C16H30N6O.HI/c1-6-17-16(19-10-15-20-12(2)13(3)23-15)18-9-14-11-21(4)7-8-22(14)5;/h14H,6-11H2,1-5H3,(H2,17,18,19);1H.